The predicted octanol–water partition coefficient (Wildman–Crippen LogP) is 1.13. The van der Waals surface area contributed by atoms with Gasteiger partial charge in [0.05, 0.1) is 19.4 Å². The van der Waals surface area contributed by atoms with Crippen LogP contribution in [0.1, 0.15) is 19.3 Å². The summed E-state index contributed by atoms with van der Waals surface area (Å²) in [6, 6.07) is 0. The van der Waals surface area contributed by atoms with E-state index >= 15 is 0 Å². The fourth-order valence-corrected chi connectivity index (χ4v) is 1.40. The van der Waals surface area contributed by atoms with E-state index in [1.165, 1.54) is 0 Å². The Labute approximate surface area is 66.4 Å². The predicted molar refractivity (Wildman–Crippen MR) is 40.1 cm³/mol. The summed E-state index contributed by atoms with van der Waals surface area (Å²) in [7, 11) is 0. The molecule has 0 amide bonds. The van der Waals surface area contributed by atoms with Crippen molar-refractivity contribution in [3.8, 4) is 0 Å². The van der Waals surface area contributed by atoms with Gasteiger partial charge in [0.15, 0.2) is 0 Å². The smallest absolute Gasteiger partial charge is 0.0894 e. The van der Waals surface area contributed by atoms with E-state index in [4.69, 9.17) is 4.74 Å². The van der Waals surface area contributed by atoms with E-state index in [0.29, 0.717) is 26.1 Å². The van der Waals surface area contributed by atoms with Gasteiger partial charge in [0, 0.05) is 12.5 Å². The highest BCUT2D eigenvalue weighted by atomic mass is 19.1. The summed E-state index contributed by atoms with van der Waals surface area (Å²) in [4.78, 5) is 0. The maximum atomic E-state index is 11.8. The molecule has 0 spiro atoms. The molecule has 1 rings (SSSR count). The van der Waals surface area contributed by atoms with Gasteiger partial charge in [0.1, 0.15) is 0 Å². The summed E-state index contributed by atoms with van der Waals surface area (Å²) in [6.07, 6.45) is 1.73. The molecular weight excluding hydrogens is 147 g/mol. The molecule has 0 aliphatic carbocycles. The molecule has 1 N–H and O–H groups in total. The molecule has 11 heavy (non-hydrogen) atoms. The number of rotatable bonds is 3. The molecule has 0 aromatic rings. The average Bonchev–Trinajstić information content (AvgIpc) is 2.03. The van der Waals surface area contributed by atoms with Gasteiger partial charge in [-0.25, -0.2) is 0 Å². The molecule has 1 fully saturated rings. The van der Waals surface area contributed by atoms with Gasteiger partial charge in [-0.2, -0.15) is 0 Å². The number of hydrogen-bond donors (Lipinski definition) is 1. The number of halogens is 1. The first-order chi connectivity index (χ1) is 5.34. The molecule has 2 unspecified atom stereocenters. The molecule has 1 aliphatic rings. The molecule has 3 heteroatoms. The third-order valence-corrected chi connectivity index (χ3v) is 2.14. The van der Waals surface area contributed by atoms with Crippen LogP contribution in [-0.4, -0.2) is 31.1 Å². The molecule has 0 saturated carbocycles. The maximum absolute atomic E-state index is 11.8. The van der Waals surface area contributed by atoms with Gasteiger partial charge in [0.25, 0.3) is 0 Å². The number of alkyl halides is 1. The Morgan fingerprint density at radius 2 is 2.36 bits per heavy atom. The zero-order chi connectivity index (χ0) is 8.10. The SMILES string of the molecule is OC1CCOCC1CCCF. The van der Waals surface area contributed by atoms with Crippen molar-refractivity contribution in [2.24, 2.45) is 5.92 Å². The largest absolute Gasteiger partial charge is 0.393 e. The van der Waals surface area contributed by atoms with Gasteiger partial charge >= 0.3 is 0 Å². The minimum atomic E-state index is -0.288. The van der Waals surface area contributed by atoms with Crippen LogP contribution in [0.15, 0.2) is 0 Å². The highest BCUT2D eigenvalue weighted by molar-refractivity contribution is 4.72. The summed E-state index contributed by atoms with van der Waals surface area (Å²) < 4.78 is 16.9. The summed E-state index contributed by atoms with van der Waals surface area (Å²) in [5.41, 5.74) is 0. The van der Waals surface area contributed by atoms with E-state index in [2.05, 4.69) is 0 Å². The lowest BCUT2D eigenvalue weighted by atomic mass is 9.94. The Morgan fingerprint density at radius 1 is 1.55 bits per heavy atom. The van der Waals surface area contributed by atoms with Crippen LogP contribution < -0.4 is 0 Å². The number of aliphatic hydroxyl groups is 1. The van der Waals surface area contributed by atoms with E-state index in [1.807, 2.05) is 0 Å². The van der Waals surface area contributed by atoms with Crippen LogP contribution in [0.3, 0.4) is 0 Å². The summed E-state index contributed by atoms with van der Waals surface area (Å²) in [5.74, 6) is 0.166. The molecular formula is C8H15FO2. The second-order valence-electron chi connectivity index (χ2n) is 3.02. The van der Waals surface area contributed by atoms with E-state index < -0.39 is 0 Å². The van der Waals surface area contributed by atoms with Crippen LogP contribution in [0.25, 0.3) is 0 Å². The monoisotopic (exact) mass is 162 g/mol. The summed E-state index contributed by atoms with van der Waals surface area (Å²) in [5, 5.41) is 9.39. The fraction of sp³-hybridized carbons (Fsp3) is 1.00. The number of ether oxygens (including phenoxy) is 1. The van der Waals surface area contributed by atoms with Gasteiger partial charge in [-0.15, -0.1) is 0 Å². The molecule has 2 nitrogen and oxygen atoms in total. The lowest BCUT2D eigenvalue weighted by Crippen LogP contribution is -2.31. The first kappa shape index (κ1) is 8.94. The Morgan fingerprint density at radius 3 is 3.00 bits per heavy atom. The second-order valence-corrected chi connectivity index (χ2v) is 3.02. The third-order valence-electron chi connectivity index (χ3n) is 2.14. The van der Waals surface area contributed by atoms with Crippen molar-refractivity contribution in [3.63, 3.8) is 0 Å². The van der Waals surface area contributed by atoms with Crippen molar-refractivity contribution in [1.82, 2.24) is 0 Å². The Kier molecular flexibility index (Phi) is 3.80. The van der Waals surface area contributed by atoms with E-state index in [9.17, 15) is 9.50 Å². The van der Waals surface area contributed by atoms with Gasteiger partial charge in [0.2, 0.25) is 0 Å². The molecule has 0 aromatic carbocycles. The fourth-order valence-electron chi connectivity index (χ4n) is 1.40. The molecule has 1 heterocycles. The minimum absolute atomic E-state index is 0.166. The zero-order valence-electron chi connectivity index (χ0n) is 6.63. The lowest BCUT2D eigenvalue weighted by Gasteiger charge is -2.27. The van der Waals surface area contributed by atoms with Crippen LogP contribution in [0, 0.1) is 5.92 Å². The van der Waals surface area contributed by atoms with Crippen molar-refractivity contribution in [2.75, 3.05) is 19.9 Å². The van der Waals surface area contributed by atoms with Crippen LogP contribution in [-0.2, 0) is 4.74 Å². The van der Waals surface area contributed by atoms with Crippen molar-refractivity contribution in [3.05, 3.63) is 0 Å². The van der Waals surface area contributed by atoms with Gasteiger partial charge in [-0.3, -0.25) is 4.39 Å². The minimum Gasteiger partial charge on any atom is -0.393 e. The molecule has 0 aromatic heterocycles. The van der Waals surface area contributed by atoms with E-state index in [-0.39, 0.29) is 18.7 Å². The summed E-state index contributed by atoms with van der Waals surface area (Å²) in [6.45, 7) is 0.956. The van der Waals surface area contributed by atoms with Gasteiger partial charge in [-0.1, -0.05) is 0 Å². The van der Waals surface area contributed by atoms with Crippen LogP contribution >= 0.6 is 0 Å². The molecule has 2 atom stereocenters. The second kappa shape index (κ2) is 4.67. The Balaban J connectivity index is 2.18. The number of aliphatic hydroxyl groups excluding tert-OH is 1. The topological polar surface area (TPSA) is 29.5 Å². The standard InChI is InChI=1S/C8H15FO2/c9-4-1-2-7-6-11-5-3-8(7)10/h7-8,10H,1-6H2. The Bertz CT molecular complexity index is 108. The van der Waals surface area contributed by atoms with E-state index in [1.54, 1.807) is 0 Å². The Hall–Kier alpha value is -0.150. The number of hydrogen-bond acceptors (Lipinski definition) is 2. The highest BCUT2D eigenvalue weighted by Crippen LogP contribution is 2.19. The van der Waals surface area contributed by atoms with Crippen molar-refractivity contribution in [2.45, 2.75) is 25.4 Å². The molecule has 0 bridgehead atoms. The summed E-state index contributed by atoms with van der Waals surface area (Å²) >= 11 is 0. The molecule has 1 aliphatic heterocycles. The quantitative estimate of drug-likeness (QED) is 0.674. The molecule has 1 saturated heterocycles. The third kappa shape index (κ3) is 2.75. The van der Waals surface area contributed by atoms with Crippen LogP contribution in [0.4, 0.5) is 4.39 Å². The van der Waals surface area contributed by atoms with Crippen molar-refractivity contribution >= 4 is 0 Å². The highest BCUT2D eigenvalue weighted by Gasteiger charge is 2.22. The lowest BCUT2D eigenvalue weighted by molar-refractivity contribution is -0.0391. The normalized spacial score (nSPS) is 32.2. The zero-order valence-corrected chi connectivity index (χ0v) is 6.63. The maximum Gasteiger partial charge on any atom is 0.0894 e. The van der Waals surface area contributed by atoms with E-state index in [0.717, 1.165) is 6.42 Å². The first-order valence-electron chi connectivity index (χ1n) is 4.16. The van der Waals surface area contributed by atoms with Crippen molar-refractivity contribution in [1.29, 1.82) is 0 Å². The van der Waals surface area contributed by atoms with Gasteiger partial charge in [-0.05, 0) is 19.3 Å². The average molecular weight is 162 g/mol. The van der Waals surface area contributed by atoms with Crippen LogP contribution in [0.2, 0.25) is 0 Å². The van der Waals surface area contributed by atoms with Crippen LogP contribution in [0.5, 0.6) is 0 Å². The van der Waals surface area contributed by atoms with Crippen molar-refractivity contribution < 1.29 is 14.2 Å². The molecule has 0 radical (unpaired) electrons. The first-order valence-corrected chi connectivity index (χ1v) is 4.16. The molecule has 66 valence electrons. The van der Waals surface area contributed by atoms with Gasteiger partial charge < -0.3 is 9.84 Å².